The van der Waals surface area contributed by atoms with Crippen molar-refractivity contribution in [3.8, 4) is 0 Å². The van der Waals surface area contributed by atoms with Gasteiger partial charge in [-0.1, -0.05) is 18.9 Å². The van der Waals surface area contributed by atoms with E-state index in [2.05, 4.69) is 35.1 Å². The van der Waals surface area contributed by atoms with E-state index in [1.54, 1.807) is 0 Å². The van der Waals surface area contributed by atoms with Crippen LogP contribution in [0.2, 0.25) is 0 Å². The van der Waals surface area contributed by atoms with Crippen molar-refractivity contribution in [2.24, 2.45) is 10.9 Å². The Labute approximate surface area is 158 Å². The number of rotatable bonds is 6. The van der Waals surface area contributed by atoms with Crippen molar-refractivity contribution in [3.05, 3.63) is 29.6 Å². The molecule has 3 rings (SSSR count). The van der Waals surface area contributed by atoms with Crippen LogP contribution in [0.3, 0.4) is 0 Å². The lowest BCUT2D eigenvalue weighted by Gasteiger charge is -2.34. The number of piperidine rings is 1. The van der Waals surface area contributed by atoms with Gasteiger partial charge < -0.3 is 15.0 Å². The third kappa shape index (κ3) is 5.44. The third-order valence-electron chi connectivity index (χ3n) is 5.62. The summed E-state index contributed by atoms with van der Waals surface area (Å²) >= 11 is 0. The minimum Gasteiger partial charge on any atom is -0.378 e. The molecular weight excluding hydrogens is 324 g/mol. The zero-order valence-corrected chi connectivity index (χ0v) is 16.4. The zero-order chi connectivity index (χ0) is 18.2. The molecule has 5 heteroatoms. The van der Waals surface area contributed by atoms with Gasteiger partial charge in [-0.3, -0.25) is 4.98 Å². The molecule has 26 heavy (non-hydrogen) atoms. The number of aromatic nitrogens is 1. The number of likely N-dealkylation sites (tertiary alicyclic amines) is 1. The summed E-state index contributed by atoms with van der Waals surface area (Å²) in [4.78, 5) is 11.7. The number of nitrogens with zero attached hydrogens (tertiary/aromatic N) is 3. The maximum atomic E-state index is 6.20. The van der Waals surface area contributed by atoms with Crippen LogP contribution >= 0.6 is 0 Å². The van der Waals surface area contributed by atoms with Crippen LogP contribution in [-0.4, -0.2) is 48.2 Å². The number of pyridine rings is 1. The summed E-state index contributed by atoms with van der Waals surface area (Å²) in [5.74, 6) is 1.82. The molecule has 1 aliphatic carbocycles. The molecule has 1 aromatic heterocycles. The fourth-order valence-electron chi connectivity index (χ4n) is 3.94. The van der Waals surface area contributed by atoms with E-state index >= 15 is 0 Å². The standard InChI is InChI=1S/C21H34N4O/c1-3-22-21(24-15-20-17(2)7-6-12-23-20)25-13-10-19(11-14-25)26-16-18-8-4-5-9-18/h6-7,12,18-19H,3-5,8-11,13-16H2,1-2H3,(H,22,24). The second kappa shape index (κ2) is 9.91. The molecular formula is C21H34N4O. The molecule has 5 nitrogen and oxygen atoms in total. The quantitative estimate of drug-likeness (QED) is 0.624. The van der Waals surface area contributed by atoms with E-state index in [9.17, 15) is 0 Å². The van der Waals surface area contributed by atoms with Crippen LogP contribution in [-0.2, 0) is 11.3 Å². The molecule has 0 aromatic carbocycles. The molecule has 0 radical (unpaired) electrons. The van der Waals surface area contributed by atoms with Crippen molar-refractivity contribution in [1.82, 2.24) is 15.2 Å². The number of guanidine groups is 1. The maximum Gasteiger partial charge on any atom is 0.194 e. The SMILES string of the molecule is CCNC(=NCc1ncccc1C)N1CCC(OCC2CCCC2)CC1. The second-order valence-electron chi connectivity index (χ2n) is 7.61. The van der Waals surface area contributed by atoms with Crippen molar-refractivity contribution in [2.45, 2.75) is 65.0 Å². The first-order valence-corrected chi connectivity index (χ1v) is 10.3. The van der Waals surface area contributed by atoms with E-state index in [1.807, 2.05) is 12.3 Å². The minimum atomic E-state index is 0.424. The summed E-state index contributed by atoms with van der Waals surface area (Å²) in [5.41, 5.74) is 2.25. The lowest BCUT2D eigenvalue weighted by atomic mass is 10.1. The van der Waals surface area contributed by atoms with Crippen LogP contribution in [0.25, 0.3) is 0 Å². The van der Waals surface area contributed by atoms with Crippen LogP contribution in [0.1, 0.15) is 56.7 Å². The van der Waals surface area contributed by atoms with Gasteiger partial charge in [0.25, 0.3) is 0 Å². The maximum absolute atomic E-state index is 6.20. The highest BCUT2D eigenvalue weighted by Crippen LogP contribution is 2.26. The fourth-order valence-corrected chi connectivity index (χ4v) is 3.94. The second-order valence-corrected chi connectivity index (χ2v) is 7.61. The molecule has 1 saturated carbocycles. The van der Waals surface area contributed by atoms with Crippen LogP contribution in [0, 0.1) is 12.8 Å². The molecule has 1 N–H and O–H groups in total. The van der Waals surface area contributed by atoms with E-state index in [0.717, 1.165) is 56.7 Å². The van der Waals surface area contributed by atoms with Crippen LogP contribution in [0.5, 0.6) is 0 Å². The first-order chi connectivity index (χ1) is 12.8. The largest absolute Gasteiger partial charge is 0.378 e. The van der Waals surface area contributed by atoms with Crippen molar-refractivity contribution < 1.29 is 4.74 Å². The van der Waals surface area contributed by atoms with Gasteiger partial charge in [0, 0.05) is 32.4 Å². The molecule has 1 saturated heterocycles. The third-order valence-corrected chi connectivity index (χ3v) is 5.62. The smallest absolute Gasteiger partial charge is 0.194 e. The fraction of sp³-hybridized carbons (Fsp3) is 0.714. The molecule has 1 aromatic rings. The predicted octanol–water partition coefficient (Wildman–Crippen LogP) is 3.53. The molecule has 0 spiro atoms. The summed E-state index contributed by atoms with van der Waals surface area (Å²) in [6, 6.07) is 4.07. The Hall–Kier alpha value is -1.62. The lowest BCUT2D eigenvalue weighted by Crippen LogP contribution is -2.47. The topological polar surface area (TPSA) is 49.8 Å². The van der Waals surface area contributed by atoms with Gasteiger partial charge in [0.05, 0.1) is 18.3 Å². The Balaban J connectivity index is 1.49. The van der Waals surface area contributed by atoms with Gasteiger partial charge in [-0.15, -0.1) is 0 Å². The summed E-state index contributed by atoms with van der Waals surface area (Å²) in [5, 5.41) is 3.44. The summed E-state index contributed by atoms with van der Waals surface area (Å²) in [6.45, 7) is 8.74. The lowest BCUT2D eigenvalue weighted by molar-refractivity contribution is 0.00101. The minimum absolute atomic E-state index is 0.424. The van der Waals surface area contributed by atoms with Crippen molar-refractivity contribution in [1.29, 1.82) is 0 Å². The van der Waals surface area contributed by atoms with Crippen molar-refractivity contribution >= 4 is 5.96 Å². The molecule has 2 heterocycles. The average molecular weight is 359 g/mol. The zero-order valence-electron chi connectivity index (χ0n) is 16.4. The number of aliphatic imine (C=N–C) groups is 1. The van der Waals surface area contributed by atoms with Gasteiger partial charge in [0.2, 0.25) is 0 Å². The van der Waals surface area contributed by atoms with E-state index in [4.69, 9.17) is 9.73 Å². The van der Waals surface area contributed by atoms with E-state index in [-0.39, 0.29) is 0 Å². The van der Waals surface area contributed by atoms with Crippen LogP contribution in [0.15, 0.2) is 23.3 Å². The Kier molecular flexibility index (Phi) is 7.30. The van der Waals surface area contributed by atoms with Gasteiger partial charge in [-0.25, -0.2) is 4.99 Å². The number of nitrogens with one attached hydrogen (secondary N) is 1. The highest BCUT2D eigenvalue weighted by atomic mass is 16.5. The average Bonchev–Trinajstić information content (AvgIpc) is 3.19. The van der Waals surface area contributed by atoms with Gasteiger partial charge in [-0.05, 0) is 57.1 Å². The first kappa shape index (κ1) is 19.2. The highest BCUT2D eigenvalue weighted by molar-refractivity contribution is 5.80. The Bertz CT molecular complexity index is 575. The van der Waals surface area contributed by atoms with Gasteiger partial charge in [0.1, 0.15) is 0 Å². The van der Waals surface area contributed by atoms with Gasteiger partial charge >= 0.3 is 0 Å². The van der Waals surface area contributed by atoms with Crippen molar-refractivity contribution in [3.63, 3.8) is 0 Å². The van der Waals surface area contributed by atoms with Crippen LogP contribution in [0.4, 0.5) is 0 Å². The number of hydrogen-bond donors (Lipinski definition) is 1. The summed E-state index contributed by atoms with van der Waals surface area (Å²) in [6.07, 6.45) is 9.98. The normalized spacial score (nSPS) is 19.9. The number of ether oxygens (including phenoxy) is 1. The molecule has 2 aliphatic rings. The van der Waals surface area contributed by atoms with Crippen LogP contribution < -0.4 is 5.32 Å². The molecule has 0 bridgehead atoms. The molecule has 1 aliphatic heterocycles. The van der Waals surface area contributed by atoms with E-state index in [1.165, 1.54) is 31.2 Å². The molecule has 144 valence electrons. The van der Waals surface area contributed by atoms with Gasteiger partial charge in [0.15, 0.2) is 5.96 Å². The van der Waals surface area contributed by atoms with Crippen molar-refractivity contribution in [2.75, 3.05) is 26.2 Å². The van der Waals surface area contributed by atoms with E-state index in [0.29, 0.717) is 12.6 Å². The number of hydrogen-bond acceptors (Lipinski definition) is 3. The highest BCUT2D eigenvalue weighted by Gasteiger charge is 2.23. The Morgan fingerprint density at radius 2 is 2.04 bits per heavy atom. The first-order valence-electron chi connectivity index (χ1n) is 10.3. The molecule has 2 fully saturated rings. The molecule has 0 amide bonds. The molecule has 0 atom stereocenters. The summed E-state index contributed by atoms with van der Waals surface area (Å²) < 4.78 is 6.20. The van der Waals surface area contributed by atoms with E-state index < -0.39 is 0 Å². The summed E-state index contributed by atoms with van der Waals surface area (Å²) in [7, 11) is 0. The monoisotopic (exact) mass is 358 g/mol. The predicted molar refractivity (Wildman–Crippen MR) is 106 cm³/mol. The molecule has 0 unspecified atom stereocenters. The Morgan fingerprint density at radius 1 is 1.27 bits per heavy atom. The number of aryl methyl sites for hydroxylation is 1. The van der Waals surface area contributed by atoms with Gasteiger partial charge in [-0.2, -0.15) is 0 Å². The Morgan fingerprint density at radius 3 is 2.73 bits per heavy atom.